The van der Waals surface area contributed by atoms with E-state index >= 15 is 0 Å². The van der Waals surface area contributed by atoms with Gasteiger partial charge in [0.05, 0.1) is 25.2 Å². The van der Waals surface area contributed by atoms with E-state index in [0.717, 1.165) is 0 Å². The number of hydrogen-bond acceptors (Lipinski definition) is 5. The molecule has 142 valence electrons. The van der Waals surface area contributed by atoms with Crippen LogP contribution < -0.4 is 10.1 Å². The molecule has 0 bridgehead atoms. The fourth-order valence-corrected chi connectivity index (χ4v) is 6.17. The van der Waals surface area contributed by atoms with Crippen molar-refractivity contribution in [2.45, 2.75) is 17.6 Å². The van der Waals surface area contributed by atoms with Gasteiger partial charge in [0, 0.05) is 25.7 Å². The molecule has 1 N–H and O–H groups in total. The molecule has 26 heavy (non-hydrogen) atoms. The molecule has 0 aromatic heterocycles. The molecule has 2 aliphatic rings. The number of methoxy groups -OCH3 is 1. The third-order valence-electron chi connectivity index (χ3n) is 5.35. The van der Waals surface area contributed by atoms with Crippen molar-refractivity contribution >= 4 is 21.7 Å². The van der Waals surface area contributed by atoms with Crippen LogP contribution in [0.4, 0.5) is 4.39 Å². The maximum Gasteiger partial charge on any atom is 0.227 e. The molecule has 2 heterocycles. The molecule has 1 aromatic carbocycles. The number of carbonyl (C=O) groups is 2. The smallest absolute Gasteiger partial charge is 0.227 e. The van der Waals surface area contributed by atoms with E-state index in [2.05, 4.69) is 5.32 Å². The molecule has 0 saturated carbocycles. The number of ether oxygens (including phenoxy) is 1. The minimum Gasteiger partial charge on any atom is -0.496 e. The highest BCUT2D eigenvalue weighted by atomic mass is 32.2. The van der Waals surface area contributed by atoms with Crippen LogP contribution in [-0.2, 0) is 25.8 Å². The van der Waals surface area contributed by atoms with Gasteiger partial charge in [-0.25, -0.2) is 12.8 Å². The van der Waals surface area contributed by atoms with E-state index in [0.29, 0.717) is 11.3 Å². The lowest BCUT2D eigenvalue weighted by Gasteiger charge is -2.49. The quantitative estimate of drug-likeness (QED) is 0.797. The lowest BCUT2D eigenvalue weighted by molar-refractivity contribution is -0.140. The second kappa shape index (κ2) is 6.53. The molecule has 1 unspecified atom stereocenters. The molecular weight excluding hydrogens is 363 g/mol. The van der Waals surface area contributed by atoms with Gasteiger partial charge in [-0.3, -0.25) is 9.59 Å². The number of carbonyl (C=O) groups excluding carboxylic acids is 2. The minimum atomic E-state index is -3.45. The Hall–Kier alpha value is -2.16. The summed E-state index contributed by atoms with van der Waals surface area (Å²) < 4.78 is 42.3. The van der Waals surface area contributed by atoms with Gasteiger partial charge >= 0.3 is 0 Å². The van der Waals surface area contributed by atoms with Gasteiger partial charge in [0.2, 0.25) is 11.8 Å². The van der Waals surface area contributed by atoms with Crippen molar-refractivity contribution in [3.8, 4) is 5.75 Å². The number of benzene rings is 1. The van der Waals surface area contributed by atoms with E-state index in [1.807, 2.05) is 0 Å². The van der Waals surface area contributed by atoms with Gasteiger partial charge in [0.1, 0.15) is 16.3 Å². The predicted octanol–water partition coefficient (Wildman–Crippen LogP) is 0.139. The third kappa shape index (κ3) is 2.84. The van der Waals surface area contributed by atoms with Crippen LogP contribution in [0.15, 0.2) is 18.2 Å². The van der Waals surface area contributed by atoms with E-state index < -0.39 is 26.3 Å². The van der Waals surface area contributed by atoms with Crippen LogP contribution in [0, 0.1) is 11.7 Å². The van der Waals surface area contributed by atoms with Gasteiger partial charge in [-0.2, -0.15) is 0 Å². The van der Waals surface area contributed by atoms with Crippen LogP contribution >= 0.6 is 0 Å². The first-order chi connectivity index (χ1) is 12.2. The molecule has 9 heteroatoms. The Morgan fingerprint density at radius 1 is 1.38 bits per heavy atom. The maximum absolute atomic E-state index is 13.4. The topological polar surface area (TPSA) is 92.8 Å². The second-order valence-corrected chi connectivity index (χ2v) is 9.17. The number of halogens is 1. The standard InChI is InChI=1S/C17H21FN2O5S/c1-19-16(22)13-5-6-26(23,24)17(13)9-20(10-17)15(21)8-11-7-12(18)3-4-14(11)25-2/h3-4,7,13H,5-6,8-10H2,1-2H3,(H,19,22). The Kier molecular flexibility index (Phi) is 4.68. The first-order valence-corrected chi connectivity index (χ1v) is 9.93. The summed E-state index contributed by atoms with van der Waals surface area (Å²) in [6.45, 7) is -0.0201. The van der Waals surface area contributed by atoms with Crippen LogP contribution in [0.1, 0.15) is 12.0 Å². The van der Waals surface area contributed by atoms with E-state index in [4.69, 9.17) is 4.74 Å². The fourth-order valence-electron chi connectivity index (χ4n) is 3.85. The summed E-state index contributed by atoms with van der Waals surface area (Å²) in [5, 5.41) is 2.51. The largest absolute Gasteiger partial charge is 0.496 e. The first-order valence-electron chi connectivity index (χ1n) is 8.28. The summed E-state index contributed by atoms with van der Waals surface area (Å²) in [4.78, 5) is 26.0. The van der Waals surface area contributed by atoms with Gasteiger partial charge in [0.25, 0.3) is 0 Å². The van der Waals surface area contributed by atoms with Gasteiger partial charge < -0.3 is 15.0 Å². The van der Waals surface area contributed by atoms with E-state index in [1.54, 1.807) is 0 Å². The molecule has 2 aliphatic heterocycles. The number of sulfone groups is 1. The zero-order valence-electron chi connectivity index (χ0n) is 14.6. The second-order valence-electron chi connectivity index (χ2n) is 6.72. The van der Waals surface area contributed by atoms with Gasteiger partial charge in [-0.1, -0.05) is 0 Å². The molecular formula is C17H21FN2O5S. The number of nitrogens with zero attached hydrogens (tertiary/aromatic N) is 1. The molecule has 1 spiro atoms. The van der Waals surface area contributed by atoms with Crippen molar-refractivity contribution < 1.29 is 27.1 Å². The zero-order chi connectivity index (χ0) is 19.1. The van der Waals surface area contributed by atoms with E-state index in [1.165, 1.54) is 37.3 Å². The van der Waals surface area contributed by atoms with Crippen molar-refractivity contribution in [1.29, 1.82) is 0 Å². The molecule has 0 aliphatic carbocycles. The molecule has 2 fully saturated rings. The monoisotopic (exact) mass is 384 g/mol. The van der Waals surface area contributed by atoms with Crippen molar-refractivity contribution in [1.82, 2.24) is 10.2 Å². The van der Waals surface area contributed by atoms with Crippen molar-refractivity contribution in [3.63, 3.8) is 0 Å². The van der Waals surface area contributed by atoms with Gasteiger partial charge in [-0.05, 0) is 24.6 Å². The molecule has 0 radical (unpaired) electrons. The SMILES string of the molecule is CNC(=O)C1CCS(=O)(=O)C12CN(C(=O)Cc1cc(F)ccc1OC)C2. The molecule has 7 nitrogen and oxygen atoms in total. The highest BCUT2D eigenvalue weighted by Crippen LogP contribution is 2.45. The lowest BCUT2D eigenvalue weighted by atomic mass is 9.82. The third-order valence-corrected chi connectivity index (χ3v) is 7.90. The van der Waals surface area contributed by atoms with Crippen molar-refractivity contribution in [2.24, 2.45) is 5.92 Å². The molecule has 2 amide bonds. The maximum atomic E-state index is 13.4. The Balaban J connectivity index is 1.75. The van der Waals surface area contributed by atoms with Crippen molar-refractivity contribution in [3.05, 3.63) is 29.6 Å². The van der Waals surface area contributed by atoms with Crippen LogP contribution in [0.5, 0.6) is 5.75 Å². The van der Waals surface area contributed by atoms with Crippen LogP contribution in [0.25, 0.3) is 0 Å². The average Bonchev–Trinajstić information content (AvgIpc) is 2.84. The number of amides is 2. The normalized spacial score (nSPS) is 22.7. The summed E-state index contributed by atoms with van der Waals surface area (Å²) in [5.41, 5.74) is 0.399. The average molecular weight is 384 g/mol. The van der Waals surface area contributed by atoms with E-state index in [9.17, 15) is 22.4 Å². The highest BCUT2D eigenvalue weighted by Gasteiger charge is 2.64. The molecule has 3 rings (SSSR count). The van der Waals surface area contributed by atoms with Crippen LogP contribution in [0.2, 0.25) is 0 Å². The number of likely N-dealkylation sites (tertiary alicyclic amines) is 1. The Bertz CT molecular complexity index is 849. The summed E-state index contributed by atoms with van der Waals surface area (Å²) in [5.74, 6) is -1.42. The summed E-state index contributed by atoms with van der Waals surface area (Å²) in [6, 6.07) is 3.91. The van der Waals surface area contributed by atoms with Crippen molar-refractivity contribution in [2.75, 3.05) is 33.0 Å². The summed E-state index contributed by atoms with van der Waals surface area (Å²) in [7, 11) is -0.552. The number of hydrogen-bond donors (Lipinski definition) is 1. The van der Waals surface area contributed by atoms with Gasteiger partial charge in [-0.15, -0.1) is 0 Å². The minimum absolute atomic E-state index is 0.0100. The first kappa shape index (κ1) is 18.6. The molecule has 1 atom stereocenters. The van der Waals surface area contributed by atoms with Crippen LogP contribution in [-0.4, -0.2) is 62.9 Å². The summed E-state index contributed by atoms with van der Waals surface area (Å²) >= 11 is 0. The van der Waals surface area contributed by atoms with Crippen LogP contribution in [0.3, 0.4) is 0 Å². The molecule has 1 aromatic rings. The Morgan fingerprint density at radius 2 is 2.08 bits per heavy atom. The fraction of sp³-hybridized carbons (Fsp3) is 0.529. The molecule has 2 saturated heterocycles. The summed E-state index contributed by atoms with van der Waals surface area (Å²) in [6.07, 6.45) is 0.170. The lowest BCUT2D eigenvalue weighted by Crippen LogP contribution is -2.70. The number of rotatable bonds is 4. The highest BCUT2D eigenvalue weighted by molar-refractivity contribution is 7.93. The van der Waals surface area contributed by atoms with Gasteiger partial charge in [0.15, 0.2) is 9.84 Å². The van der Waals surface area contributed by atoms with E-state index in [-0.39, 0.29) is 43.5 Å². The predicted molar refractivity (Wildman–Crippen MR) is 91.9 cm³/mol. The Labute approximate surface area is 151 Å². The number of nitrogens with one attached hydrogen (secondary N) is 1. The Morgan fingerprint density at radius 3 is 2.69 bits per heavy atom. The zero-order valence-corrected chi connectivity index (χ0v) is 15.4.